The summed E-state index contributed by atoms with van der Waals surface area (Å²) in [7, 11) is 1.89. The monoisotopic (exact) mass is 558 g/mol. The van der Waals surface area contributed by atoms with Crippen molar-refractivity contribution in [1.29, 1.82) is 0 Å². The third-order valence-electron chi connectivity index (χ3n) is 6.52. The Morgan fingerprint density at radius 2 is 1.82 bits per heavy atom. The van der Waals surface area contributed by atoms with Crippen LogP contribution >= 0.6 is 11.8 Å². The van der Waals surface area contributed by atoms with E-state index in [1.54, 1.807) is 30.3 Å². The predicted molar refractivity (Wildman–Crippen MR) is 155 cm³/mol. The molecular weight excluding hydrogens is 531 g/mol. The minimum atomic E-state index is -0.431. The number of nitrogens with zero attached hydrogens (tertiary/aromatic N) is 4. The second kappa shape index (κ2) is 11.3. The number of urea groups is 1. The minimum Gasteiger partial charge on any atom is -0.336 e. The molecule has 0 saturated carbocycles. The second-order valence-electron chi connectivity index (χ2n) is 9.36. The molecule has 9 nitrogen and oxygen atoms in total. The average molecular weight is 559 g/mol. The standard InChI is InChI=1S/C29H27FN6O3S/c1-17(37)19-7-10-23(11-8-19)32-28(38)31-13-14-36-29(39)40-18(2)26(34-36)20-9-12-25-24(16-20)33-27(35(25)3)21-5-4-6-22(30)15-21/h4-12,15-16,18H,13-14H2,1-3H3,(H2,31,32,38). The van der Waals surface area contributed by atoms with Gasteiger partial charge >= 0.3 is 11.3 Å². The first-order valence-corrected chi connectivity index (χ1v) is 13.5. The molecule has 3 aromatic carbocycles. The van der Waals surface area contributed by atoms with Gasteiger partial charge in [-0.05, 0) is 62.4 Å². The normalized spacial score (nSPS) is 15.2. The highest BCUT2D eigenvalue weighted by molar-refractivity contribution is 8.14. The number of hydrogen-bond acceptors (Lipinski definition) is 6. The lowest BCUT2D eigenvalue weighted by Gasteiger charge is -2.27. The largest absolute Gasteiger partial charge is 0.336 e. The molecule has 5 rings (SSSR count). The van der Waals surface area contributed by atoms with Gasteiger partial charge in [0.2, 0.25) is 0 Å². The fourth-order valence-electron chi connectivity index (χ4n) is 4.44. The number of halogens is 1. The molecular formula is C29H27FN6O3S. The number of ketones is 1. The van der Waals surface area contributed by atoms with Crippen LogP contribution in [0.2, 0.25) is 0 Å². The van der Waals surface area contributed by atoms with Crippen LogP contribution in [0.15, 0.2) is 71.8 Å². The Morgan fingerprint density at radius 1 is 1.05 bits per heavy atom. The van der Waals surface area contributed by atoms with Gasteiger partial charge in [-0.25, -0.2) is 19.2 Å². The molecule has 1 unspecified atom stereocenters. The molecule has 2 heterocycles. The fraction of sp³-hybridized carbons (Fsp3) is 0.207. The maximum Gasteiger partial charge on any atom is 0.319 e. The van der Waals surface area contributed by atoms with Gasteiger partial charge in [0.25, 0.3) is 0 Å². The Morgan fingerprint density at radius 3 is 2.55 bits per heavy atom. The van der Waals surface area contributed by atoms with E-state index in [9.17, 15) is 18.8 Å². The van der Waals surface area contributed by atoms with Crippen molar-refractivity contribution in [3.63, 3.8) is 0 Å². The van der Waals surface area contributed by atoms with Crippen LogP contribution in [0.5, 0.6) is 0 Å². The average Bonchev–Trinajstić information content (AvgIpc) is 3.25. The van der Waals surface area contributed by atoms with Crippen molar-refractivity contribution >= 4 is 51.2 Å². The lowest BCUT2D eigenvalue weighted by Crippen LogP contribution is -2.40. The number of rotatable bonds is 7. The number of imidazole rings is 1. The van der Waals surface area contributed by atoms with Crippen LogP contribution in [0.4, 0.5) is 19.7 Å². The third kappa shape index (κ3) is 5.74. The Kier molecular flexibility index (Phi) is 7.65. The Balaban J connectivity index is 1.28. The van der Waals surface area contributed by atoms with Crippen LogP contribution in [-0.4, -0.2) is 55.7 Å². The topological polar surface area (TPSA) is 109 Å². The molecule has 11 heteroatoms. The zero-order valence-corrected chi connectivity index (χ0v) is 23.0. The number of hydrogen-bond donors (Lipinski definition) is 2. The van der Waals surface area contributed by atoms with Crippen molar-refractivity contribution < 1.29 is 18.8 Å². The van der Waals surface area contributed by atoms with Gasteiger partial charge in [0, 0.05) is 36.0 Å². The van der Waals surface area contributed by atoms with Gasteiger partial charge in [-0.1, -0.05) is 30.0 Å². The molecule has 3 amide bonds. The number of carbonyl (C=O) groups excluding carboxylic acids is 3. The first-order valence-electron chi connectivity index (χ1n) is 12.6. The number of thioether (sulfide) groups is 1. The molecule has 204 valence electrons. The molecule has 2 N–H and O–H groups in total. The van der Waals surface area contributed by atoms with Crippen LogP contribution in [0.1, 0.15) is 29.8 Å². The maximum absolute atomic E-state index is 13.8. The van der Waals surface area contributed by atoms with Crippen LogP contribution in [0.25, 0.3) is 22.4 Å². The van der Waals surface area contributed by atoms with Crippen molar-refractivity contribution in [3.05, 3.63) is 83.7 Å². The van der Waals surface area contributed by atoms with E-state index in [4.69, 9.17) is 4.98 Å². The van der Waals surface area contributed by atoms with Crippen LogP contribution in [-0.2, 0) is 7.05 Å². The molecule has 1 aliphatic rings. The van der Waals surface area contributed by atoms with Gasteiger partial charge in [0.15, 0.2) is 5.78 Å². The van der Waals surface area contributed by atoms with E-state index in [2.05, 4.69) is 15.7 Å². The summed E-state index contributed by atoms with van der Waals surface area (Å²) in [5.74, 6) is 0.270. The van der Waals surface area contributed by atoms with Crippen molar-refractivity contribution in [3.8, 4) is 11.4 Å². The summed E-state index contributed by atoms with van der Waals surface area (Å²) >= 11 is 1.16. The molecule has 0 saturated heterocycles. The summed E-state index contributed by atoms with van der Waals surface area (Å²) < 4.78 is 15.7. The van der Waals surface area contributed by atoms with Gasteiger partial charge in [-0.2, -0.15) is 5.10 Å². The minimum absolute atomic E-state index is 0.0529. The maximum atomic E-state index is 13.8. The molecule has 1 aliphatic heterocycles. The molecule has 40 heavy (non-hydrogen) atoms. The number of hydrazone groups is 1. The number of benzene rings is 3. The molecule has 0 fully saturated rings. The van der Waals surface area contributed by atoms with Crippen molar-refractivity contribution in [2.24, 2.45) is 12.1 Å². The van der Waals surface area contributed by atoms with Crippen molar-refractivity contribution in [1.82, 2.24) is 19.9 Å². The SMILES string of the molecule is CC(=O)c1ccc(NC(=O)NCCN2N=C(c3ccc4c(c3)nc(-c3cccc(F)c3)n4C)C(C)SC2=O)cc1. The highest BCUT2D eigenvalue weighted by atomic mass is 32.2. The number of amides is 3. The number of aryl methyl sites for hydroxylation is 1. The highest BCUT2D eigenvalue weighted by Crippen LogP contribution is 2.29. The number of nitrogens with one attached hydrogen (secondary N) is 2. The van der Waals surface area contributed by atoms with Crippen molar-refractivity contribution in [2.45, 2.75) is 19.1 Å². The fourth-order valence-corrected chi connectivity index (χ4v) is 5.29. The summed E-state index contributed by atoms with van der Waals surface area (Å²) in [6.45, 7) is 3.77. The summed E-state index contributed by atoms with van der Waals surface area (Å²) in [4.78, 5) is 41.1. The molecule has 0 aliphatic carbocycles. The zero-order chi connectivity index (χ0) is 28.4. The van der Waals surface area contributed by atoms with E-state index < -0.39 is 6.03 Å². The lowest BCUT2D eigenvalue weighted by atomic mass is 10.1. The number of fused-ring (bicyclic) bond motifs is 1. The van der Waals surface area contributed by atoms with Crippen molar-refractivity contribution in [2.75, 3.05) is 18.4 Å². The van der Waals surface area contributed by atoms with Crippen LogP contribution < -0.4 is 10.6 Å². The van der Waals surface area contributed by atoms with E-state index >= 15 is 0 Å². The highest BCUT2D eigenvalue weighted by Gasteiger charge is 2.28. The first kappa shape index (κ1) is 27.1. The molecule has 0 bridgehead atoms. The predicted octanol–water partition coefficient (Wildman–Crippen LogP) is 5.67. The Hall–Kier alpha value is -4.51. The number of aromatic nitrogens is 2. The number of Topliss-reactive ketones (excluding diaryl/α,β-unsaturated/α-hetero) is 1. The molecule has 0 spiro atoms. The quantitative estimate of drug-likeness (QED) is 0.284. The molecule has 1 atom stereocenters. The van der Waals surface area contributed by atoms with E-state index in [1.807, 2.05) is 42.8 Å². The zero-order valence-electron chi connectivity index (χ0n) is 22.1. The lowest BCUT2D eigenvalue weighted by molar-refractivity contribution is 0.101. The van der Waals surface area contributed by atoms with E-state index in [1.165, 1.54) is 24.1 Å². The smallest absolute Gasteiger partial charge is 0.319 e. The van der Waals surface area contributed by atoms with Gasteiger partial charge in [-0.15, -0.1) is 0 Å². The van der Waals surface area contributed by atoms with E-state index in [-0.39, 0.29) is 35.2 Å². The second-order valence-corrected chi connectivity index (χ2v) is 10.6. The Bertz CT molecular complexity index is 1650. The van der Waals surface area contributed by atoms with Gasteiger partial charge in [0.05, 0.1) is 28.5 Å². The summed E-state index contributed by atoms with van der Waals surface area (Å²) in [6, 6.07) is 18.3. The summed E-state index contributed by atoms with van der Waals surface area (Å²) in [6.07, 6.45) is 0. The van der Waals surface area contributed by atoms with Crippen LogP contribution in [0.3, 0.4) is 0 Å². The number of anilines is 1. The summed E-state index contributed by atoms with van der Waals surface area (Å²) in [5.41, 5.74) is 4.96. The summed E-state index contributed by atoms with van der Waals surface area (Å²) in [5, 5.41) is 11.0. The van der Waals surface area contributed by atoms with E-state index in [0.717, 1.165) is 34.1 Å². The number of carbonyl (C=O) groups is 3. The van der Waals surface area contributed by atoms with Gasteiger partial charge in [-0.3, -0.25) is 9.59 Å². The van der Waals surface area contributed by atoms with E-state index in [0.29, 0.717) is 22.6 Å². The molecule has 0 radical (unpaired) electrons. The third-order valence-corrected chi connectivity index (χ3v) is 7.51. The first-order chi connectivity index (χ1) is 19.2. The van der Waals surface area contributed by atoms with Gasteiger partial charge < -0.3 is 15.2 Å². The van der Waals surface area contributed by atoms with Gasteiger partial charge in [0.1, 0.15) is 11.6 Å². The van der Waals surface area contributed by atoms with Crippen LogP contribution in [0, 0.1) is 5.82 Å². The molecule has 1 aromatic heterocycles. The molecule has 4 aromatic rings. The Labute approximate surface area is 234 Å².